The number of hydrogen-bond donors (Lipinski definition) is 0. The maximum atomic E-state index is 12.8. The third-order valence-corrected chi connectivity index (χ3v) is 4.79. The van der Waals surface area contributed by atoms with Crippen LogP contribution in [-0.4, -0.2) is 65.7 Å². The van der Waals surface area contributed by atoms with E-state index >= 15 is 0 Å². The van der Waals surface area contributed by atoms with Crippen LogP contribution >= 0.6 is 0 Å². The second kappa shape index (κ2) is 6.67. The molecule has 1 fully saturated rings. The zero-order valence-corrected chi connectivity index (χ0v) is 15.0. The van der Waals surface area contributed by atoms with Crippen molar-refractivity contribution in [1.29, 1.82) is 0 Å². The molecule has 3 aromatic heterocycles. The van der Waals surface area contributed by atoms with E-state index in [0.717, 1.165) is 35.7 Å². The van der Waals surface area contributed by atoms with E-state index in [1.807, 2.05) is 71.0 Å². The van der Waals surface area contributed by atoms with Gasteiger partial charge in [0.1, 0.15) is 0 Å². The summed E-state index contributed by atoms with van der Waals surface area (Å²) < 4.78 is 1.98. The number of nitrogens with zero attached hydrogens (tertiary/aromatic N) is 6. The van der Waals surface area contributed by atoms with Crippen molar-refractivity contribution >= 4 is 22.9 Å². The summed E-state index contributed by atoms with van der Waals surface area (Å²) >= 11 is 0. The Balaban J connectivity index is 1.44. The van der Waals surface area contributed by atoms with Crippen LogP contribution < -0.4 is 9.80 Å². The lowest BCUT2D eigenvalue weighted by Crippen LogP contribution is -2.49. The Morgan fingerprint density at radius 2 is 1.92 bits per heavy atom. The predicted molar refractivity (Wildman–Crippen MR) is 102 cm³/mol. The summed E-state index contributed by atoms with van der Waals surface area (Å²) in [6.45, 7) is 2.87. The molecule has 7 heteroatoms. The first-order chi connectivity index (χ1) is 12.6. The van der Waals surface area contributed by atoms with Gasteiger partial charge < -0.3 is 19.1 Å². The van der Waals surface area contributed by atoms with Crippen molar-refractivity contribution in [1.82, 2.24) is 19.5 Å². The maximum Gasteiger partial charge on any atom is 0.255 e. The lowest BCUT2D eigenvalue weighted by Gasteiger charge is -2.35. The van der Waals surface area contributed by atoms with Gasteiger partial charge in [-0.15, -0.1) is 5.10 Å². The number of pyridine rings is 1. The van der Waals surface area contributed by atoms with Crippen molar-refractivity contribution < 1.29 is 4.79 Å². The molecular weight excluding hydrogens is 328 g/mol. The van der Waals surface area contributed by atoms with E-state index in [1.165, 1.54) is 0 Å². The topological polar surface area (TPSA) is 57.0 Å². The molecule has 0 saturated carbocycles. The fourth-order valence-electron chi connectivity index (χ4n) is 3.24. The van der Waals surface area contributed by atoms with Gasteiger partial charge in [0.15, 0.2) is 5.82 Å². The van der Waals surface area contributed by atoms with Crippen molar-refractivity contribution in [3.05, 3.63) is 54.5 Å². The highest BCUT2D eigenvalue weighted by Crippen LogP contribution is 2.19. The molecule has 0 unspecified atom stereocenters. The second-order valence-electron chi connectivity index (χ2n) is 6.71. The minimum atomic E-state index is 0.0847. The van der Waals surface area contributed by atoms with Gasteiger partial charge in [0.25, 0.3) is 5.91 Å². The van der Waals surface area contributed by atoms with Gasteiger partial charge in [0.05, 0.1) is 17.4 Å². The average Bonchev–Trinajstić information content (AvgIpc) is 3.12. The van der Waals surface area contributed by atoms with Crippen LogP contribution in [0.25, 0.3) is 5.52 Å². The molecule has 134 valence electrons. The summed E-state index contributed by atoms with van der Waals surface area (Å²) in [4.78, 5) is 18.9. The molecule has 1 amide bonds. The largest absolute Gasteiger partial charge is 0.376 e. The molecular formula is C19H22N6O. The van der Waals surface area contributed by atoms with Crippen LogP contribution in [0.4, 0.5) is 11.5 Å². The highest BCUT2D eigenvalue weighted by Gasteiger charge is 2.24. The number of piperazine rings is 1. The second-order valence-corrected chi connectivity index (χ2v) is 6.71. The number of rotatable bonds is 3. The first-order valence-corrected chi connectivity index (χ1v) is 8.73. The van der Waals surface area contributed by atoms with Gasteiger partial charge >= 0.3 is 0 Å². The van der Waals surface area contributed by atoms with Gasteiger partial charge in [-0.1, -0.05) is 6.07 Å². The van der Waals surface area contributed by atoms with Gasteiger partial charge in [-0.3, -0.25) is 4.79 Å². The van der Waals surface area contributed by atoms with Crippen molar-refractivity contribution in [2.75, 3.05) is 50.1 Å². The van der Waals surface area contributed by atoms with Crippen LogP contribution in [0.5, 0.6) is 0 Å². The van der Waals surface area contributed by atoms with Crippen LogP contribution in [0.1, 0.15) is 10.4 Å². The highest BCUT2D eigenvalue weighted by atomic mass is 16.2. The molecule has 1 aliphatic heterocycles. The molecule has 1 saturated heterocycles. The lowest BCUT2D eigenvalue weighted by molar-refractivity contribution is 0.0746. The quantitative estimate of drug-likeness (QED) is 0.720. The monoisotopic (exact) mass is 350 g/mol. The van der Waals surface area contributed by atoms with Gasteiger partial charge in [-0.05, 0) is 18.2 Å². The molecule has 3 aromatic rings. The third kappa shape index (κ3) is 3.08. The smallest absolute Gasteiger partial charge is 0.255 e. The molecule has 0 bridgehead atoms. The van der Waals surface area contributed by atoms with Crippen molar-refractivity contribution in [2.24, 2.45) is 0 Å². The molecule has 1 aliphatic rings. The van der Waals surface area contributed by atoms with E-state index in [9.17, 15) is 4.79 Å². The first kappa shape index (κ1) is 16.4. The van der Waals surface area contributed by atoms with Crippen molar-refractivity contribution in [2.45, 2.75) is 0 Å². The zero-order valence-electron chi connectivity index (χ0n) is 15.0. The molecule has 4 heterocycles. The van der Waals surface area contributed by atoms with Gasteiger partial charge in [0.2, 0.25) is 0 Å². The molecule has 0 spiro atoms. The number of aromatic nitrogens is 3. The first-order valence-electron chi connectivity index (χ1n) is 8.73. The number of fused-ring (bicyclic) bond motifs is 1. The molecule has 7 nitrogen and oxygen atoms in total. The molecule has 4 rings (SSSR count). The van der Waals surface area contributed by atoms with E-state index in [1.54, 1.807) is 6.20 Å². The van der Waals surface area contributed by atoms with E-state index in [-0.39, 0.29) is 5.91 Å². The number of anilines is 2. The highest BCUT2D eigenvalue weighted by molar-refractivity contribution is 5.95. The van der Waals surface area contributed by atoms with Crippen LogP contribution in [0.3, 0.4) is 0 Å². The van der Waals surface area contributed by atoms with Crippen LogP contribution in [-0.2, 0) is 0 Å². The number of carbonyl (C=O) groups excluding carboxylic acids is 1. The Morgan fingerprint density at radius 3 is 2.65 bits per heavy atom. The summed E-state index contributed by atoms with van der Waals surface area (Å²) in [6, 6.07) is 9.92. The normalized spacial score (nSPS) is 14.7. The summed E-state index contributed by atoms with van der Waals surface area (Å²) in [5.41, 5.74) is 2.79. The minimum absolute atomic E-state index is 0.0847. The number of hydrogen-bond acceptors (Lipinski definition) is 5. The Hall–Kier alpha value is -3.09. The Kier molecular flexibility index (Phi) is 4.20. The van der Waals surface area contributed by atoms with E-state index < -0.39 is 0 Å². The summed E-state index contributed by atoms with van der Waals surface area (Å²) in [5, 5.41) is 8.34. The van der Waals surface area contributed by atoms with Crippen LogP contribution in [0.15, 0.2) is 48.9 Å². The number of amides is 1. The van der Waals surface area contributed by atoms with Crippen LogP contribution in [0.2, 0.25) is 0 Å². The Labute approximate surface area is 152 Å². The molecule has 26 heavy (non-hydrogen) atoms. The summed E-state index contributed by atoms with van der Waals surface area (Å²) in [6.07, 6.45) is 5.61. The molecule has 0 aromatic carbocycles. The van der Waals surface area contributed by atoms with E-state index in [0.29, 0.717) is 13.1 Å². The molecule has 0 aliphatic carbocycles. The average molecular weight is 350 g/mol. The molecule has 0 radical (unpaired) electrons. The molecule has 0 N–H and O–H groups in total. The predicted octanol–water partition coefficient (Wildman–Crippen LogP) is 1.76. The number of carbonyl (C=O) groups is 1. The Bertz CT molecular complexity index is 893. The fourth-order valence-corrected chi connectivity index (χ4v) is 3.24. The molecule has 0 atom stereocenters. The third-order valence-electron chi connectivity index (χ3n) is 4.79. The van der Waals surface area contributed by atoms with Crippen LogP contribution in [0, 0.1) is 0 Å². The van der Waals surface area contributed by atoms with E-state index in [4.69, 9.17) is 0 Å². The van der Waals surface area contributed by atoms with Gasteiger partial charge in [-0.25, -0.2) is 0 Å². The van der Waals surface area contributed by atoms with Crippen molar-refractivity contribution in [3.8, 4) is 0 Å². The SMILES string of the molecule is CN(C)c1cnnc(N2CCN(C(=O)c3cc4ccccn4c3)CC2)c1. The fraction of sp³-hybridized carbons (Fsp3) is 0.316. The summed E-state index contributed by atoms with van der Waals surface area (Å²) in [7, 11) is 3.97. The maximum absolute atomic E-state index is 12.8. The summed E-state index contributed by atoms with van der Waals surface area (Å²) in [5.74, 6) is 0.944. The zero-order chi connectivity index (χ0) is 18.1. The lowest BCUT2D eigenvalue weighted by atomic mass is 10.2. The van der Waals surface area contributed by atoms with Crippen molar-refractivity contribution in [3.63, 3.8) is 0 Å². The standard InChI is InChI=1S/C19H22N6O/c1-22(2)17-12-18(21-20-13-17)23-7-9-24(10-8-23)19(26)15-11-16-5-3-4-6-25(16)14-15/h3-6,11-14H,7-10H2,1-2H3. The van der Waals surface area contributed by atoms with E-state index in [2.05, 4.69) is 15.1 Å². The Morgan fingerprint density at radius 1 is 1.12 bits per heavy atom. The minimum Gasteiger partial charge on any atom is -0.376 e. The van der Waals surface area contributed by atoms with Gasteiger partial charge in [-0.2, -0.15) is 5.10 Å². The van der Waals surface area contributed by atoms with Gasteiger partial charge in [0, 0.05) is 64.3 Å².